The van der Waals surface area contributed by atoms with Crippen molar-refractivity contribution in [2.45, 2.75) is 6.42 Å². The molecule has 0 aliphatic carbocycles. The van der Waals surface area contributed by atoms with Crippen LogP contribution in [0.15, 0.2) is 0 Å². The lowest BCUT2D eigenvalue weighted by Crippen LogP contribution is -1.89. The molecular weight excluding hydrogens is 142 g/mol. The van der Waals surface area contributed by atoms with Crippen LogP contribution in [-0.2, 0) is 9.05 Å². The fourth-order valence-corrected chi connectivity index (χ4v) is 0.832. The van der Waals surface area contributed by atoms with E-state index in [9.17, 15) is 0 Å². The average Bonchev–Trinajstić information content (AvgIpc) is 1.81. The van der Waals surface area contributed by atoms with Crippen molar-refractivity contribution in [2.24, 2.45) is 0 Å². The van der Waals surface area contributed by atoms with Gasteiger partial charge in [0, 0.05) is 18.3 Å². The van der Waals surface area contributed by atoms with E-state index in [4.69, 9.17) is 9.05 Å². The first-order valence-electron chi connectivity index (χ1n) is 2.52. The van der Waals surface area contributed by atoms with Gasteiger partial charge in [-0.15, -0.1) is 0 Å². The molecule has 0 saturated carbocycles. The molecule has 0 aliphatic heterocycles. The van der Waals surface area contributed by atoms with Gasteiger partial charge in [-0.25, -0.2) is 0 Å². The van der Waals surface area contributed by atoms with Crippen molar-refractivity contribution in [3.63, 3.8) is 0 Å². The number of rotatable bonds is 5. The van der Waals surface area contributed by atoms with Gasteiger partial charge in [0.15, 0.2) is 0 Å². The van der Waals surface area contributed by atoms with Crippen molar-refractivity contribution in [2.75, 3.05) is 19.9 Å². The summed E-state index contributed by atoms with van der Waals surface area (Å²) in [4.78, 5) is 0. The van der Waals surface area contributed by atoms with Crippen molar-refractivity contribution in [1.29, 1.82) is 0 Å². The van der Waals surface area contributed by atoms with E-state index in [2.05, 4.69) is 9.47 Å². The van der Waals surface area contributed by atoms with Crippen LogP contribution >= 0.6 is 18.3 Å². The van der Waals surface area contributed by atoms with Crippen molar-refractivity contribution in [3.05, 3.63) is 0 Å². The molecule has 0 rings (SSSR count). The van der Waals surface area contributed by atoms with Crippen LogP contribution in [0.5, 0.6) is 0 Å². The smallest absolute Gasteiger partial charge is 0.0527 e. The summed E-state index contributed by atoms with van der Waals surface area (Å²) in [6.45, 7) is 3.61. The maximum atomic E-state index is 5.07. The molecular formula is C4H12O2P2. The van der Waals surface area contributed by atoms with E-state index >= 15 is 0 Å². The zero-order valence-electron chi connectivity index (χ0n) is 5.02. The molecule has 0 N–H and O–H groups in total. The zero-order chi connectivity index (χ0) is 6.24. The van der Waals surface area contributed by atoms with Gasteiger partial charge in [0.05, 0.1) is 13.2 Å². The second-order valence-corrected chi connectivity index (χ2v) is 2.31. The minimum absolute atomic E-state index is 0.607. The lowest BCUT2D eigenvalue weighted by atomic mass is 10.5. The van der Waals surface area contributed by atoms with Crippen molar-refractivity contribution in [1.82, 2.24) is 0 Å². The summed E-state index contributed by atoms with van der Waals surface area (Å²) in [5.41, 5.74) is 0. The highest BCUT2D eigenvalue weighted by molar-refractivity contribution is 7.31. The van der Waals surface area contributed by atoms with E-state index in [1.807, 2.05) is 6.66 Å². The molecule has 0 aromatic carbocycles. The molecule has 0 aliphatic rings. The van der Waals surface area contributed by atoms with Crippen LogP contribution in [0.25, 0.3) is 0 Å². The van der Waals surface area contributed by atoms with Gasteiger partial charge in [0.25, 0.3) is 0 Å². The van der Waals surface area contributed by atoms with E-state index in [1.165, 1.54) is 0 Å². The van der Waals surface area contributed by atoms with Crippen LogP contribution in [-0.4, -0.2) is 19.9 Å². The van der Waals surface area contributed by atoms with Crippen LogP contribution < -0.4 is 0 Å². The van der Waals surface area contributed by atoms with E-state index in [0.717, 1.165) is 19.6 Å². The average molecular weight is 154 g/mol. The molecule has 0 aromatic rings. The fourth-order valence-electron chi connectivity index (χ4n) is 0.316. The quantitative estimate of drug-likeness (QED) is 0.440. The van der Waals surface area contributed by atoms with Gasteiger partial charge in [0.1, 0.15) is 0 Å². The SMILES string of the molecule is CPOCCCOP. The van der Waals surface area contributed by atoms with Crippen LogP contribution in [0.4, 0.5) is 0 Å². The molecule has 0 amide bonds. The first-order chi connectivity index (χ1) is 3.91. The van der Waals surface area contributed by atoms with Crippen molar-refractivity contribution < 1.29 is 9.05 Å². The molecule has 2 atom stereocenters. The Balaban J connectivity index is 2.53. The largest absolute Gasteiger partial charge is 0.366 e. The summed E-state index contributed by atoms with van der Waals surface area (Å²) in [7, 11) is 2.82. The molecule has 0 spiro atoms. The van der Waals surface area contributed by atoms with E-state index in [-0.39, 0.29) is 0 Å². The highest BCUT2D eigenvalue weighted by Crippen LogP contribution is 2.04. The number of hydrogen-bond acceptors (Lipinski definition) is 2. The predicted octanol–water partition coefficient (Wildman–Crippen LogP) is 1.42. The fraction of sp³-hybridized carbons (Fsp3) is 1.00. The molecule has 50 valence electrons. The zero-order valence-corrected chi connectivity index (χ0v) is 7.17. The monoisotopic (exact) mass is 154 g/mol. The van der Waals surface area contributed by atoms with Gasteiger partial charge in [-0.05, 0) is 13.1 Å². The molecule has 8 heavy (non-hydrogen) atoms. The van der Waals surface area contributed by atoms with E-state index < -0.39 is 0 Å². The highest BCUT2D eigenvalue weighted by Gasteiger charge is 1.82. The first kappa shape index (κ1) is 8.78. The van der Waals surface area contributed by atoms with E-state index in [0.29, 0.717) is 8.81 Å². The maximum absolute atomic E-state index is 5.07. The molecule has 4 heteroatoms. The second kappa shape index (κ2) is 7.78. The van der Waals surface area contributed by atoms with Crippen molar-refractivity contribution in [3.8, 4) is 0 Å². The molecule has 0 fully saturated rings. The van der Waals surface area contributed by atoms with Crippen LogP contribution in [0.3, 0.4) is 0 Å². The molecule has 0 aromatic heterocycles. The van der Waals surface area contributed by atoms with Gasteiger partial charge in [-0.2, -0.15) is 0 Å². The Morgan fingerprint density at radius 1 is 1.50 bits per heavy atom. The van der Waals surface area contributed by atoms with Gasteiger partial charge >= 0.3 is 0 Å². The molecule has 2 nitrogen and oxygen atoms in total. The summed E-state index contributed by atoms with van der Waals surface area (Å²) < 4.78 is 9.80. The molecule has 0 radical (unpaired) electrons. The van der Waals surface area contributed by atoms with Crippen LogP contribution in [0.2, 0.25) is 0 Å². The standard InChI is InChI=1S/C4H12O2P2/c1-8-6-4-2-3-5-7/h8H,2-4,7H2,1H3. The third-order valence-corrected chi connectivity index (χ3v) is 1.38. The van der Waals surface area contributed by atoms with E-state index in [1.54, 1.807) is 0 Å². The van der Waals surface area contributed by atoms with Gasteiger partial charge in [0.2, 0.25) is 0 Å². The number of hydrogen-bond donors (Lipinski definition) is 0. The Hall–Kier alpha value is 0.780. The van der Waals surface area contributed by atoms with Crippen LogP contribution in [0, 0.1) is 0 Å². The lowest BCUT2D eigenvalue weighted by molar-refractivity contribution is 0.289. The summed E-state index contributed by atoms with van der Waals surface area (Å²) in [5.74, 6) is 0. The highest BCUT2D eigenvalue weighted by atomic mass is 31.1. The Morgan fingerprint density at radius 3 is 2.75 bits per heavy atom. The summed E-state index contributed by atoms with van der Waals surface area (Å²) in [5, 5.41) is 0. The van der Waals surface area contributed by atoms with Gasteiger partial charge < -0.3 is 9.05 Å². The van der Waals surface area contributed by atoms with Crippen molar-refractivity contribution >= 4 is 18.3 Å². The van der Waals surface area contributed by atoms with Gasteiger partial charge in [-0.1, -0.05) is 0 Å². The minimum Gasteiger partial charge on any atom is -0.366 e. The van der Waals surface area contributed by atoms with Crippen LogP contribution in [0.1, 0.15) is 6.42 Å². The summed E-state index contributed by atoms with van der Waals surface area (Å²) >= 11 is 0. The van der Waals surface area contributed by atoms with Gasteiger partial charge in [-0.3, -0.25) is 0 Å². The Bertz CT molecular complexity index is 37.0. The second-order valence-electron chi connectivity index (χ2n) is 1.28. The third-order valence-electron chi connectivity index (χ3n) is 0.653. The normalized spacial score (nSPS) is 11.2. The molecule has 0 saturated heterocycles. The summed E-state index contributed by atoms with van der Waals surface area (Å²) in [6.07, 6.45) is 0.990. The Morgan fingerprint density at radius 2 is 2.25 bits per heavy atom. The topological polar surface area (TPSA) is 18.5 Å². The molecule has 2 unspecified atom stereocenters. The predicted molar refractivity (Wildman–Crippen MR) is 40.5 cm³/mol. The lowest BCUT2D eigenvalue weighted by Gasteiger charge is -1.97. The minimum atomic E-state index is 0.607. The summed E-state index contributed by atoms with van der Waals surface area (Å²) in [6, 6.07) is 0. The third kappa shape index (κ3) is 6.78. The Labute approximate surface area is 54.5 Å². The Kier molecular flexibility index (Phi) is 8.54. The molecule has 0 bridgehead atoms. The maximum Gasteiger partial charge on any atom is 0.0527 e. The molecule has 0 heterocycles. The first-order valence-corrected chi connectivity index (χ1v) is 4.40.